The van der Waals surface area contributed by atoms with E-state index in [0.717, 1.165) is 11.3 Å². The number of aliphatic carboxylic acids is 1. The summed E-state index contributed by atoms with van der Waals surface area (Å²) in [6.45, 7) is 1.62. The third-order valence-corrected chi connectivity index (χ3v) is 8.07. The van der Waals surface area contributed by atoms with Crippen LogP contribution in [-0.4, -0.2) is 73.6 Å². The van der Waals surface area contributed by atoms with Crippen molar-refractivity contribution in [2.75, 3.05) is 24.3 Å². The lowest BCUT2D eigenvalue weighted by molar-refractivity contribution is -0.679. The van der Waals surface area contributed by atoms with Crippen molar-refractivity contribution in [1.29, 1.82) is 0 Å². The molecule has 2 aliphatic rings. The van der Waals surface area contributed by atoms with E-state index in [1.165, 1.54) is 40.9 Å². The number of amides is 2. The summed E-state index contributed by atoms with van der Waals surface area (Å²) in [5.41, 5.74) is 6.49. The molecule has 1 saturated heterocycles. The zero-order valence-corrected chi connectivity index (χ0v) is 20.8. The molecular formula is C19H19N7O6S3. The lowest BCUT2D eigenvalue weighted by Gasteiger charge is -2.49. The zero-order valence-electron chi connectivity index (χ0n) is 18.3. The minimum absolute atomic E-state index is 0.128. The molecule has 4 N–H and O–H groups in total. The number of carbonyl (C=O) groups excluding carboxylic acids is 2. The highest BCUT2D eigenvalue weighted by molar-refractivity contribution is 8.01. The second-order valence-electron chi connectivity index (χ2n) is 7.29. The Morgan fingerprint density at radius 3 is 2.89 bits per heavy atom. The van der Waals surface area contributed by atoms with Gasteiger partial charge in [-0.1, -0.05) is 21.8 Å². The second-order valence-corrected chi connectivity index (χ2v) is 10.3. The monoisotopic (exact) mass is 537 g/mol. The van der Waals surface area contributed by atoms with Crippen LogP contribution in [-0.2, 0) is 19.2 Å². The van der Waals surface area contributed by atoms with Gasteiger partial charge in [0.2, 0.25) is 5.69 Å². The minimum Gasteiger partial charge on any atom is -0.594 e. The van der Waals surface area contributed by atoms with Crippen molar-refractivity contribution in [3.8, 4) is 0 Å². The molecule has 2 atom stereocenters. The fourth-order valence-corrected chi connectivity index (χ4v) is 6.27. The first kappa shape index (κ1) is 24.7. The van der Waals surface area contributed by atoms with E-state index in [1.807, 2.05) is 0 Å². The smallest absolute Gasteiger partial charge is 0.352 e. The van der Waals surface area contributed by atoms with E-state index in [4.69, 9.17) is 10.6 Å². The molecule has 2 aromatic rings. The van der Waals surface area contributed by atoms with E-state index in [1.54, 1.807) is 19.1 Å². The van der Waals surface area contributed by atoms with Crippen LogP contribution < -0.4 is 15.9 Å². The maximum atomic E-state index is 12.9. The number of oxime groups is 1. The summed E-state index contributed by atoms with van der Waals surface area (Å²) in [7, 11) is 1.27. The molecule has 0 aromatic carbocycles. The zero-order chi connectivity index (χ0) is 25.3. The summed E-state index contributed by atoms with van der Waals surface area (Å²) in [6, 6.07) is 2.34. The highest BCUT2D eigenvalue weighted by Crippen LogP contribution is 2.41. The number of hydrogen-bond acceptors (Lipinski definition) is 12. The van der Waals surface area contributed by atoms with Gasteiger partial charge >= 0.3 is 5.97 Å². The van der Waals surface area contributed by atoms with Gasteiger partial charge in [-0.3, -0.25) is 14.5 Å². The molecule has 0 radical (unpaired) electrons. The summed E-state index contributed by atoms with van der Waals surface area (Å²) >= 11 is 3.64. The minimum atomic E-state index is -1.25. The molecule has 2 aliphatic heterocycles. The van der Waals surface area contributed by atoms with E-state index in [0.29, 0.717) is 26.9 Å². The van der Waals surface area contributed by atoms with Crippen LogP contribution in [0.3, 0.4) is 0 Å². The standard InChI is InChI=1S/C19H19N7O6S3/c1-8-3-4-11(23-26(8)31)33-5-9-6-34-17-13(16(28)25(17)14(9)18(29)30)22-15(27)12(24-32-2)10-7-35-19(20)21-10/h3-4,7,13,17H,5-6H2,1-2H3,(H2,20,21)(H,22,27)(H,29,30)/b24-12-/t13?,17-/m1/s1. The van der Waals surface area contributed by atoms with Crippen molar-refractivity contribution < 1.29 is 29.2 Å². The molecule has 2 amide bonds. The van der Waals surface area contributed by atoms with Gasteiger partial charge in [0.15, 0.2) is 15.9 Å². The van der Waals surface area contributed by atoms with Crippen LogP contribution in [0, 0.1) is 12.1 Å². The SMILES string of the molecule is CO/N=C(\C(=O)NC1C(=O)N2C(C(=O)O)=C(CSc3ccc(C)[n+]([O-])n3)CS[C@H]12)c1csc(N)n1. The maximum absolute atomic E-state index is 12.9. The van der Waals surface area contributed by atoms with Gasteiger partial charge in [0, 0.05) is 35.0 Å². The average molecular weight is 538 g/mol. The molecule has 184 valence electrons. The molecular weight excluding hydrogens is 518 g/mol. The second kappa shape index (κ2) is 10.1. The molecule has 4 heterocycles. The van der Waals surface area contributed by atoms with Crippen LogP contribution in [0.25, 0.3) is 0 Å². The molecule has 0 spiro atoms. The number of nitrogens with two attached hydrogens (primary N) is 1. The molecule has 4 rings (SSSR count). The van der Waals surface area contributed by atoms with Crippen molar-refractivity contribution in [3.05, 3.63) is 45.4 Å². The lowest BCUT2D eigenvalue weighted by Crippen LogP contribution is -2.71. The van der Waals surface area contributed by atoms with Crippen molar-refractivity contribution >= 4 is 63.5 Å². The maximum Gasteiger partial charge on any atom is 0.352 e. The molecule has 0 bridgehead atoms. The summed E-state index contributed by atoms with van der Waals surface area (Å²) in [5, 5.41) is 33.3. The van der Waals surface area contributed by atoms with E-state index in [-0.39, 0.29) is 28.0 Å². The number of carboxylic acids is 1. The Bertz CT molecular complexity index is 1260. The number of fused-ring (bicyclic) bond motifs is 1. The van der Waals surface area contributed by atoms with Gasteiger partial charge in [-0.05, 0) is 11.6 Å². The summed E-state index contributed by atoms with van der Waals surface area (Å²) in [6.07, 6.45) is 0. The van der Waals surface area contributed by atoms with E-state index < -0.39 is 29.2 Å². The summed E-state index contributed by atoms with van der Waals surface area (Å²) in [5.74, 6) is -1.96. The molecule has 1 unspecified atom stereocenters. The molecule has 2 aromatic heterocycles. The van der Waals surface area contributed by atoms with Gasteiger partial charge in [-0.2, -0.15) is 0 Å². The topological polar surface area (TPSA) is 187 Å². The Kier molecular flexibility index (Phi) is 7.13. The normalized spacial score (nSPS) is 19.8. The van der Waals surface area contributed by atoms with Crippen LogP contribution in [0.5, 0.6) is 0 Å². The number of nitrogens with one attached hydrogen (secondary N) is 1. The first-order valence-electron chi connectivity index (χ1n) is 9.95. The van der Waals surface area contributed by atoms with Crippen LogP contribution in [0.1, 0.15) is 11.4 Å². The Morgan fingerprint density at radius 1 is 1.49 bits per heavy atom. The number of anilines is 1. The van der Waals surface area contributed by atoms with E-state index in [9.17, 15) is 24.7 Å². The van der Waals surface area contributed by atoms with Crippen molar-refractivity contribution in [3.63, 3.8) is 0 Å². The van der Waals surface area contributed by atoms with E-state index in [2.05, 4.69) is 20.6 Å². The van der Waals surface area contributed by atoms with Gasteiger partial charge in [0.05, 0.1) is 0 Å². The molecule has 35 heavy (non-hydrogen) atoms. The van der Waals surface area contributed by atoms with Crippen molar-refractivity contribution in [1.82, 2.24) is 20.3 Å². The predicted octanol–water partition coefficient (Wildman–Crippen LogP) is -0.0565. The Morgan fingerprint density at radius 2 is 2.26 bits per heavy atom. The first-order chi connectivity index (χ1) is 16.7. The van der Waals surface area contributed by atoms with Crippen LogP contribution in [0.15, 0.2) is 39.0 Å². The third kappa shape index (κ3) is 4.89. The number of rotatable bonds is 8. The largest absolute Gasteiger partial charge is 0.594 e. The number of aromatic nitrogens is 3. The van der Waals surface area contributed by atoms with Gasteiger partial charge in [-0.25, -0.2) is 9.78 Å². The number of carbonyl (C=O) groups is 3. The predicted molar refractivity (Wildman–Crippen MR) is 128 cm³/mol. The fraction of sp³-hybridized carbons (Fsp3) is 0.316. The number of β-lactam (4-membered cyclic amide) rings is 1. The quantitative estimate of drug-likeness (QED) is 0.102. The highest BCUT2D eigenvalue weighted by Gasteiger charge is 2.54. The summed E-state index contributed by atoms with van der Waals surface area (Å²) in [4.78, 5) is 48.2. The van der Waals surface area contributed by atoms with Crippen LogP contribution >= 0.6 is 34.9 Å². The van der Waals surface area contributed by atoms with Crippen molar-refractivity contribution in [2.24, 2.45) is 5.16 Å². The van der Waals surface area contributed by atoms with E-state index >= 15 is 0 Å². The Hall–Kier alpha value is -3.37. The number of thioether (sulfide) groups is 2. The number of hydrogen-bond donors (Lipinski definition) is 3. The van der Waals surface area contributed by atoms with Gasteiger partial charge in [0.25, 0.3) is 11.8 Å². The average Bonchev–Trinajstić information content (AvgIpc) is 3.26. The lowest BCUT2D eigenvalue weighted by atomic mass is 10.0. The van der Waals surface area contributed by atoms with Crippen molar-refractivity contribution in [2.45, 2.75) is 23.4 Å². The molecule has 0 saturated carbocycles. The molecule has 0 aliphatic carbocycles. The number of nitrogens with zero attached hydrogens (tertiary/aromatic N) is 5. The van der Waals surface area contributed by atoms with Gasteiger partial charge in [0.1, 0.15) is 29.9 Å². The van der Waals surface area contributed by atoms with Gasteiger partial charge < -0.3 is 26.2 Å². The molecule has 13 nitrogen and oxygen atoms in total. The third-order valence-electron chi connectivity index (χ3n) is 5.05. The Labute approximate surface area is 211 Å². The van der Waals surface area contributed by atoms with Crippen LogP contribution in [0.4, 0.5) is 5.13 Å². The highest BCUT2D eigenvalue weighted by atomic mass is 32.2. The van der Waals surface area contributed by atoms with Crippen LogP contribution in [0.2, 0.25) is 0 Å². The summed E-state index contributed by atoms with van der Waals surface area (Å²) < 4.78 is 0. The fourth-order valence-electron chi connectivity index (χ4n) is 3.39. The molecule has 16 heteroatoms. The number of thiazole rings is 1. The molecule has 1 fully saturated rings. The number of carboxylic acid groups (broad SMARTS) is 1. The Balaban J connectivity index is 1.49. The number of aryl methyl sites for hydroxylation is 1. The van der Waals surface area contributed by atoms with Gasteiger partial charge in [-0.15, -0.1) is 23.1 Å². The first-order valence-corrected chi connectivity index (χ1v) is 12.9. The number of nitrogen functional groups attached to an aromatic ring is 1.